The van der Waals surface area contributed by atoms with Crippen LogP contribution in [0.15, 0.2) is 0 Å². The second-order valence-electron chi connectivity index (χ2n) is 1.65. The quantitative estimate of drug-likeness (QED) is 0.460. The predicted molar refractivity (Wildman–Crippen MR) is 36.0 cm³/mol. The molecule has 1 N–H and O–H groups in total. The summed E-state index contributed by atoms with van der Waals surface area (Å²) in [5.41, 5.74) is 0. The molecule has 1 atom stereocenters. The van der Waals surface area contributed by atoms with Gasteiger partial charge in [0.25, 0.3) is 0 Å². The zero-order valence-corrected chi connectivity index (χ0v) is 6.18. The van der Waals surface area contributed by atoms with Gasteiger partial charge < -0.3 is 9.42 Å². The summed E-state index contributed by atoms with van der Waals surface area (Å²) in [6.07, 6.45) is 3.48. The minimum Gasteiger partial charge on any atom is -0.352 e. The topological polar surface area (TPSA) is 29.5 Å². The fourth-order valence-electron chi connectivity index (χ4n) is 0.470. The summed E-state index contributed by atoms with van der Waals surface area (Å²) in [5.74, 6) is 0. The fourth-order valence-corrected chi connectivity index (χ4v) is 0.705. The Morgan fingerprint density at radius 3 is 2.75 bits per heavy atom. The highest BCUT2D eigenvalue weighted by atomic mass is 31.1. The van der Waals surface area contributed by atoms with E-state index in [9.17, 15) is 0 Å². The van der Waals surface area contributed by atoms with Crippen LogP contribution in [0.5, 0.6) is 0 Å². The van der Waals surface area contributed by atoms with Crippen LogP contribution < -0.4 is 0 Å². The van der Waals surface area contributed by atoms with Gasteiger partial charge in [-0.2, -0.15) is 0 Å². The van der Waals surface area contributed by atoms with Crippen LogP contribution in [-0.2, 0) is 4.52 Å². The van der Waals surface area contributed by atoms with Crippen LogP contribution in [0.1, 0.15) is 26.2 Å². The van der Waals surface area contributed by atoms with Crippen LogP contribution in [0.2, 0.25) is 0 Å². The van der Waals surface area contributed by atoms with Gasteiger partial charge in [-0.3, -0.25) is 0 Å². The van der Waals surface area contributed by atoms with Crippen LogP contribution in [0.25, 0.3) is 0 Å². The summed E-state index contributed by atoms with van der Waals surface area (Å²) in [7, 11) is -0.331. The van der Waals surface area contributed by atoms with Crippen molar-refractivity contribution in [3.05, 3.63) is 0 Å². The van der Waals surface area contributed by atoms with E-state index in [1.165, 1.54) is 12.8 Å². The zero-order chi connectivity index (χ0) is 6.24. The van der Waals surface area contributed by atoms with E-state index in [1.54, 1.807) is 0 Å². The largest absolute Gasteiger partial charge is 0.352 e. The first kappa shape index (κ1) is 8.35. The van der Waals surface area contributed by atoms with Crippen molar-refractivity contribution in [1.82, 2.24) is 0 Å². The summed E-state index contributed by atoms with van der Waals surface area (Å²) in [6, 6.07) is 0. The summed E-state index contributed by atoms with van der Waals surface area (Å²) in [6.45, 7) is 2.85. The van der Waals surface area contributed by atoms with E-state index < -0.39 is 0 Å². The minimum atomic E-state index is -0.331. The van der Waals surface area contributed by atoms with E-state index >= 15 is 0 Å². The maximum Gasteiger partial charge on any atom is 0.152 e. The molecule has 3 heteroatoms. The van der Waals surface area contributed by atoms with Gasteiger partial charge >= 0.3 is 0 Å². The van der Waals surface area contributed by atoms with Crippen LogP contribution in [0, 0.1) is 0 Å². The zero-order valence-electron chi connectivity index (χ0n) is 5.18. The third-order valence-electron chi connectivity index (χ3n) is 0.915. The highest BCUT2D eigenvalue weighted by Crippen LogP contribution is 2.05. The molecule has 0 aromatic heterocycles. The van der Waals surface area contributed by atoms with Crippen molar-refractivity contribution >= 4 is 9.03 Å². The average molecular weight is 136 g/mol. The third kappa shape index (κ3) is 6.35. The van der Waals surface area contributed by atoms with Crippen LogP contribution in [0.3, 0.4) is 0 Å². The lowest BCUT2D eigenvalue weighted by Gasteiger charge is -1.95. The Bertz CT molecular complexity index is 35.4. The number of rotatable bonds is 5. The van der Waals surface area contributed by atoms with Crippen molar-refractivity contribution in [2.75, 3.05) is 6.61 Å². The van der Waals surface area contributed by atoms with Crippen LogP contribution >= 0.6 is 9.03 Å². The van der Waals surface area contributed by atoms with Gasteiger partial charge in [-0.05, 0) is 6.42 Å². The summed E-state index contributed by atoms with van der Waals surface area (Å²) >= 11 is 0. The molecule has 0 aliphatic carbocycles. The van der Waals surface area contributed by atoms with Crippen molar-refractivity contribution in [2.45, 2.75) is 26.2 Å². The normalized spacial score (nSPS) is 11.2. The van der Waals surface area contributed by atoms with Gasteiger partial charge in [0.1, 0.15) is 0 Å². The lowest BCUT2D eigenvalue weighted by molar-refractivity contribution is 0.315. The van der Waals surface area contributed by atoms with Crippen molar-refractivity contribution in [3.8, 4) is 0 Å². The van der Waals surface area contributed by atoms with E-state index in [-0.39, 0.29) is 9.03 Å². The van der Waals surface area contributed by atoms with E-state index in [4.69, 9.17) is 9.42 Å². The smallest absolute Gasteiger partial charge is 0.152 e. The first-order valence-corrected chi connectivity index (χ1v) is 3.78. The molecule has 0 rings (SSSR count). The van der Waals surface area contributed by atoms with Gasteiger partial charge in [0.15, 0.2) is 9.03 Å². The molecule has 0 heterocycles. The molecule has 8 heavy (non-hydrogen) atoms. The van der Waals surface area contributed by atoms with E-state index in [2.05, 4.69) is 6.92 Å². The third-order valence-corrected chi connectivity index (χ3v) is 1.25. The number of hydrogen-bond acceptors (Lipinski definition) is 2. The second-order valence-corrected chi connectivity index (χ2v) is 2.12. The molecule has 0 amide bonds. The first-order chi connectivity index (χ1) is 3.91. The highest BCUT2D eigenvalue weighted by molar-refractivity contribution is 7.24. The molecule has 2 nitrogen and oxygen atoms in total. The molecular formula is C5H13O2P. The van der Waals surface area contributed by atoms with Gasteiger partial charge in [-0.25, -0.2) is 0 Å². The van der Waals surface area contributed by atoms with Crippen LogP contribution in [-0.4, -0.2) is 11.5 Å². The monoisotopic (exact) mass is 136 g/mol. The molecule has 0 spiro atoms. The summed E-state index contributed by atoms with van der Waals surface area (Å²) < 4.78 is 4.72. The second kappa shape index (κ2) is 7.35. The molecule has 0 saturated heterocycles. The average Bonchev–Trinajstić information content (AvgIpc) is 1.81. The Morgan fingerprint density at radius 1 is 1.50 bits per heavy atom. The number of hydrogen-bond donors (Lipinski definition) is 1. The minimum absolute atomic E-state index is 0.331. The summed E-state index contributed by atoms with van der Waals surface area (Å²) in [5, 5.41) is 0. The molecule has 0 aliphatic heterocycles. The van der Waals surface area contributed by atoms with Crippen molar-refractivity contribution < 1.29 is 9.42 Å². The molecule has 0 fully saturated rings. The Kier molecular flexibility index (Phi) is 7.67. The van der Waals surface area contributed by atoms with Gasteiger partial charge in [0.2, 0.25) is 0 Å². The van der Waals surface area contributed by atoms with Gasteiger partial charge in [0, 0.05) is 0 Å². The fraction of sp³-hybridized carbons (Fsp3) is 1.00. The van der Waals surface area contributed by atoms with E-state index in [0.29, 0.717) is 6.61 Å². The molecule has 0 saturated carbocycles. The van der Waals surface area contributed by atoms with Crippen molar-refractivity contribution in [2.24, 2.45) is 0 Å². The molecule has 0 bridgehead atoms. The Balaban J connectivity index is 2.53. The van der Waals surface area contributed by atoms with Gasteiger partial charge in [-0.1, -0.05) is 19.8 Å². The molecule has 0 radical (unpaired) electrons. The maximum atomic E-state index is 8.17. The van der Waals surface area contributed by atoms with E-state index in [0.717, 1.165) is 6.42 Å². The van der Waals surface area contributed by atoms with E-state index in [1.807, 2.05) is 0 Å². The lowest BCUT2D eigenvalue weighted by atomic mass is 10.3. The first-order valence-electron chi connectivity index (χ1n) is 2.92. The van der Waals surface area contributed by atoms with Crippen molar-refractivity contribution in [3.63, 3.8) is 0 Å². The maximum absolute atomic E-state index is 8.17. The number of unbranched alkanes of at least 4 members (excludes halogenated alkanes) is 2. The SMILES string of the molecule is CCCCCOPO. The molecule has 50 valence electrons. The molecule has 1 unspecified atom stereocenters. The standard InChI is InChI=1S/C5H13O2P/c1-2-3-4-5-7-8-6/h6,8H,2-5H2,1H3. The molecule has 0 aromatic rings. The summed E-state index contributed by atoms with van der Waals surface area (Å²) in [4.78, 5) is 8.17. The van der Waals surface area contributed by atoms with Gasteiger partial charge in [0.05, 0.1) is 6.61 Å². The molecule has 0 aliphatic rings. The molecule has 0 aromatic carbocycles. The lowest BCUT2D eigenvalue weighted by Crippen LogP contribution is -1.83. The Labute approximate surface area is 52.2 Å². The Morgan fingerprint density at radius 2 is 2.25 bits per heavy atom. The predicted octanol–water partition coefficient (Wildman–Crippen LogP) is 1.69. The molecular weight excluding hydrogens is 123 g/mol. The van der Waals surface area contributed by atoms with Gasteiger partial charge in [-0.15, -0.1) is 0 Å². The highest BCUT2D eigenvalue weighted by Gasteiger charge is 1.83. The van der Waals surface area contributed by atoms with Crippen molar-refractivity contribution in [1.29, 1.82) is 0 Å². The Hall–Kier alpha value is 0.350. The van der Waals surface area contributed by atoms with Crippen LogP contribution in [0.4, 0.5) is 0 Å².